The first kappa shape index (κ1) is 24.5. The van der Waals surface area contributed by atoms with Gasteiger partial charge in [0.15, 0.2) is 0 Å². The summed E-state index contributed by atoms with van der Waals surface area (Å²) < 4.78 is 22.7. The van der Waals surface area contributed by atoms with Gasteiger partial charge in [-0.25, -0.2) is 4.79 Å². The maximum Gasteiger partial charge on any atom is 0.338 e. The molecule has 2 N–H and O–H groups in total. The molecule has 1 aromatic heterocycles. The van der Waals surface area contributed by atoms with Crippen LogP contribution in [0.5, 0.6) is 5.75 Å². The predicted molar refractivity (Wildman–Crippen MR) is 121 cm³/mol. The zero-order valence-corrected chi connectivity index (χ0v) is 19.8. The summed E-state index contributed by atoms with van der Waals surface area (Å²) in [6.07, 6.45) is -4.35. The van der Waals surface area contributed by atoms with E-state index >= 15 is 0 Å². The minimum atomic E-state index is -1.32. The van der Waals surface area contributed by atoms with Gasteiger partial charge in [0.1, 0.15) is 29.6 Å². The molecule has 0 saturated carbocycles. The molecule has 2 heterocycles. The molecule has 0 unspecified atom stereocenters. The van der Waals surface area contributed by atoms with Gasteiger partial charge in [0.25, 0.3) is 0 Å². The molecule has 0 spiro atoms. The van der Waals surface area contributed by atoms with Crippen molar-refractivity contribution in [2.45, 2.75) is 51.0 Å². The molecule has 1 fully saturated rings. The molecule has 0 aliphatic carbocycles. The number of aliphatic hydroxyl groups is 2. The van der Waals surface area contributed by atoms with E-state index in [2.05, 4.69) is 4.90 Å². The van der Waals surface area contributed by atoms with Gasteiger partial charge in [0, 0.05) is 44.3 Å². The van der Waals surface area contributed by atoms with Crippen LogP contribution in [0.15, 0.2) is 27.4 Å². The second-order valence-electron chi connectivity index (χ2n) is 9.09. The van der Waals surface area contributed by atoms with Crippen LogP contribution < -0.4 is 15.3 Å². The van der Waals surface area contributed by atoms with Crippen LogP contribution in [-0.2, 0) is 9.47 Å². The number of fused-ring (bicyclic) bond motifs is 1. The van der Waals surface area contributed by atoms with Crippen LogP contribution in [0.4, 0.5) is 5.69 Å². The Labute approximate surface area is 188 Å². The van der Waals surface area contributed by atoms with Gasteiger partial charge in [-0.2, -0.15) is 0 Å². The third kappa shape index (κ3) is 4.77. The van der Waals surface area contributed by atoms with Gasteiger partial charge in [-0.3, -0.25) is 0 Å². The molecular formula is C23H34N2O7. The van der Waals surface area contributed by atoms with Gasteiger partial charge in [0.2, 0.25) is 6.29 Å². The largest absolute Gasteiger partial charge is 0.462 e. The van der Waals surface area contributed by atoms with Crippen LogP contribution in [0.1, 0.15) is 19.4 Å². The van der Waals surface area contributed by atoms with Gasteiger partial charge >= 0.3 is 5.63 Å². The third-order valence-electron chi connectivity index (χ3n) is 5.92. The predicted octanol–water partition coefficient (Wildman–Crippen LogP) is 1.35. The molecule has 1 aromatic carbocycles. The summed E-state index contributed by atoms with van der Waals surface area (Å²) in [6.45, 7) is 6.86. The number of rotatable bonds is 7. The number of aryl methyl sites for hydroxylation is 1. The highest BCUT2D eigenvalue weighted by molar-refractivity contribution is 5.93. The zero-order chi connectivity index (χ0) is 23.8. The van der Waals surface area contributed by atoms with E-state index in [0.29, 0.717) is 16.9 Å². The highest BCUT2D eigenvalue weighted by atomic mass is 16.7. The van der Waals surface area contributed by atoms with E-state index in [0.717, 1.165) is 24.2 Å². The fourth-order valence-electron chi connectivity index (χ4n) is 4.07. The van der Waals surface area contributed by atoms with Crippen LogP contribution in [-0.4, -0.2) is 86.7 Å². The summed E-state index contributed by atoms with van der Waals surface area (Å²) in [5.74, 6) is 0.386. The number of ether oxygens (including phenoxy) is 3. The number of likely N-dealkylation sites (N-methyl/N-ethyl adjacent to an activating group) is 2. The maximum atomic E-state index is 12.3. The van der Waals surface area contributed by atoms with Crippen LogP contribution >= 0.6 is 0 Å². The molecule has 9 nitrogen and oxygen atoms in total. The number of benzene rings is 1. The average Bonchev–Trinajstić information content (AvgIpc) is 2.71. The zero-order valence-electron chi connectivity index (χ0n) is 19.8. The number of hydrogen-bond donors (Lipinski definition) is 2. The van der Waals surface area contributed by atoms with E-state index in [1.54, 1.807) is 26.8 Å². The lowest BCUT2D eigenvalue weighted by atomic mass is 9.89. The lowest BCUT2D eigenvalue weighted by Gasteiger charge is -2.46. The summed E-state index contributed by atoms with van der Waals surface area (Å²) in [6, 6.07) is 5.05. The highest BCUT2D eigenvalue weighted by Crippen LogP contribution is 2.36. The summed E-state index contributed by atoms with van der Waals surface area (Å²) in [7, 11) is 7.37. The van der Waals surface area contributed by atoms with Crippen molar-refractivity contribution in [2.75, 3.05) is 46.2 Å². The molecule has 2 aromatic rings. The van der Waals surface area contributed by atoms with E-state index in [-0.39, 0.29) is 0 Å². The molecule has 9 heteroatoms. The summed E-state index contributed by atoms with van der Waals surface area (Å²) in [4.78, 5) is 16.4. The fraction of sp³-hybridized carbons (Fsp3) is 0.609. The highest BCUT2D eigenvalue weighted by Gasteiger charge is 2.50. The molecule has 0 radical (unpaired) electrons. The molecule has 32 heavy (non-hydrogen) atoms. The van der Waals surface area contributed by atoms with Gasteiger partial charge in [0.05, 0.1) is 11.3 Å². The number of anilines is 1. The monoisotopic (exact) mass is 450 g/mol. The van der Waals surface area contributed by atoms with Gasteiger partial charge < -0.3 is 38.6 Å². The van der Waals surface area contributed by atoms with Crippen LogP contribution in [0.25, 0.3) is 11.0 Å². The Hall–Kier alpha value is -2.17. The van der Waals surface area contributed by atoms with Crippen molar-refractivity contribution in [3.63, 3.8) is 0 Å². The SMILES string of the molecule is CO[C@@H]1[C@@H](O)[C@@H](O)[C@H](Oc2ccc3c(N(C)CCN(C)C)cc(=O)oc3c2C)OC1(C)C. The van der Waals surface area contributed by atoms with Crippen molar-refractivity contribution in [1.29, 1.82) is 0 Å². The first-order valence-electron chi connectivity index (χ1n) is 10.6. The topological polar surface area (TPSA) is 105 Å². The van der Waals surface area contributed by atoms with E-state index in [9.17, 15) is 15.0 Å². The molecule has 1 aliphatic rings. The Morgan fingerprint density at radius 3 is 2.44 bits per heavy atom. The normalized spacial score (nSPS) is 25.3. The Morgan fingerprint density at radius 2 is 1.81 bits per heavy atom. The van der Waals surface area contributed by atoms with E-state index in [1.165, 1.54) is 13.2 Å². The first-order chi connectivity index (χ1) is 15.0. The molecule has 0 amide bonds. The quantitative estimate of drug-likeness (QED) is 0.605. The van der Waals surface area contributed by atoms with Crippen molar-refractivity contribution in [2.24, 2.45) is 0 Å². The molecule has 0 bridgehead atoms. The number of hydrogen-bond acceptors (Lipinski definition) is 9. The van der Waals surface area contributed by atoms with Crippen molar-refractivity contribution >= 4 is 16.7 Å². The molecule has 1 aliphatic heterocycles. The van der Waals surface area contributed by atoms with Crippen LogP contribution in [0.2, 0.25) is 0 Å². The molecule has 4 atom stereocenters. The van der Waals surface area contributed by atoms with Crippen molar-refractivity contribution in [1.82, 2.24) is 4.90 Å². The van der Waals surface area contributed by atoms with Crippen molar-refractivity contribution in [3.8, 4) is 5.75 Å². The van der Waals surface area contributed by atoms with Crippen LogP contribution in [0, 0.1) is 6.92 Å². The summed E-state index contributed by atoms with van der Waals surface area (Å²) in [5.41, 5.74) is 0.414. The van der Waals surface area contributed by atoms with Crippen LogP contribution in [0.3, 0.4) is 0 Å². The lowest BCUT2D eigenvalue weighted by Crippen LogP contribution is -2.63. The minimum Gasteiger partial charge on any atom is -0.462 e. The Balaban J connectivity index is 1.94. The lowest BCUT2D eigenvalue weighted by molar-refractivity contribution is -0.306. The third-order valence-corrected chi connectivity index (χ3v) is 5.92. The second kappa shape index (κ2) is 9.36. The standard InChI is InChI=1S/C23H34N2O7/c1-13-16(30-22-19(28)18(27)21(29-7)23(2,3)32-22)9-8-14-15(12-17(26)31-20(13)14)25(6)11-10-24(4)5/h8-9,12,18-19,21-22,27-28H,10-11H2,1-7H3/t18-,19+,21+,22+/m0/s1. The molecule has 1 saturated heterocycles. The minimum absolute atomic E-state index is 0.386. The summed E-state index contributed by atoms with van der Waals surface area (Å²) >= 11 is 0. The Bertz CT molecular complexity index is 1000. The van der Waals surface area contributed by atoms with E-state index in [1.807, 2.05) is 32.1 Å². The molecule has 3 rings (SSSR count). The Kier molecular flexibility index (Phi) is 7.16. The number of nitrogens with zero attached hydrogens (tertiary/aromatic N) is 2. The van der Waals surface area contributed by atoms with Gasteiger partial charge in [-0.1, -0.05) is 0 Å². The van der Waals surface area contributed by atoms with Gasteiger partial charge in [-0.15, -0.1) is 0 Å². The number of aliphatic hydroxyl groups excluding tert-OH is 2. The molecular weight excluding hydrogens is 416 g/mol. The van der Waals surface area contributed by atoms with Crippen molar-refractivity contribution < 1.29 is 28.8 Å². The fourth-order valence-corrected chi connectivity index (χ4v) is 4.07. The maximum absolute atomic E-state index is 12.3. The van der Waals surface area contributed by atoms with E-state index < -0.39 is 35.8 Å². The second-order valence-corrected chi connectivity index (χ2v) is 9.09. The molecule has 178 valence electrons. The number of methoxy groups -OCH3 is 1. The average molecular weight is 451 g/mol. The first-order valence-corrected chi connectivity index (χ1v) is 10.6. The smallest absolute Gasteiger partial charge is 0.338 e. The Morgan fingerprint density at radius 1 is 1.12 bits per heavy atom. The van der Waals surface area contributed by atoms with E-state index in [4.69, 9.17) is 18.6 Å². The van der Waals surface area contributed by atoms with Gasteiger partial charge in [-0.05, 0) is 47.0 Å². The van der Waals surface area contributed by atoms with Crippen molar-refractivity contribution in [3.05, 3.63) is 34.2 Å². The summed E-state index contributed by atoms with van der Waals surface area (Å²) in [5, 5.41) is 21.8.